The number of piperazine rings is 1. The number of fused-ring (bicyclic) bond motifs is 4. The third-order valence-electron chi connectivity index (χ3n) is 11.9. The molecule has 296 valence electrons. The van der Waals surface area contributed by atoms with Gasteiger partial charge >= 0.3 is 0 Å². The second kappa shape index (κ2) is 14.7. The Kier molecular flexibility index (Phi) is 9.64. The molecular weight excluding hydrogens is 783 g/mol. The first-order valence-corrected chi connectivity index (χ1v) is 19.7. The van der Waals surface area contributed by atoms with Crippen molar-refractivity contribution in [2.75, 3.05) is 37.0 Å². The normalized spacial score (nSPS) is 24.7. The molecule has 4 saturated heterocycles. The number of nitrogens with one attached hydrogen (secondary N) is 2. The fraction of sp³-hybridized carbons (Fsp3) is 0.400. The number of methoxy groups -OCH3 is 1. The standard InChI is InChI=1S/C40H37Cl2F2N7O6/c1-56-32-14-29-25(37(46-18-45-29)47-28-7-6-26(41)35(42)36(28)44)13-33(32)57-22-4-2-19(3-5-22)15-49-16-20-10-21(17-49)50(20)31-12-24-23(11-27(31)43)39(54)51(40(24)55)30-8-9-34(52)48-38(30)53/h6-7,11-14,18-22,30H,2-5,8-10,15-17H2,1H3,(H,45,46,47)(H,48,52,53). The predicted octanol–water partition coefficient (Wildman–Crippen LogP) is 6.27. The van der Waals surface area contributed by atoms with Crippen molar-refractivity contribution in [1.82, 2.24) is 25.1 Å². The van der Waals surface area contributed by atoms with E-state index < -0.39 is 41.3 Å². The van der Waals surface area contributed by atoms with Gasteiger partial charge in [-0.15, -0.1) is 0 Å². The maximum atomic E-state index is 15.6. The van der Waals surface area contributed by atoms with E-state index in [4.69, 9.17) is 32.7 Å². The molecule has 4 aromatic rings. The number of carbonyl (C=O) groups excluding carboxylic acids is 4. The van der Waals surface area contributed by atoms with Crippen LogP contribution in [0.1, 0.15) is 65.7 Å². The quantitative estimate of drug-likeness (QED) is 0.146. The highest BCUT2D eigenvalue weighted by Gasteiger charge is 2.49. The number of benzene rings is 3. The van der Waals surface area contributed by atoms with Crippen molar-refractivity contribution in [2.45, 2.75) is 69.2 Å². The third kappa shape index (κ3) is 6.68. The summed E-state index contributed by atoms with van der Waals surface area (Å²) < 4.78 is 42.7. The van der Waals surface area contributed by atoms with Crippen molar-refractivity contribution in [3.05, 3.63) is 75.5 Å². The molecule has 1 aromatic heterocycles. The molecule has 6 aliphatic rings. The Bertz CT molecular complexity index is 2350. The minimum absolute atomic E-state index is 0.0105. The molecule has 4 amide bonds. The van der Waals surface area contributed by atoms with Crippen LogP contribution in [0, 0.1) is 17.6 Å². The van der Waals surface area contributed by atoms with Crippen molar-refractivity contribution in [1.29, 1.82) is 0 Å². The average Bonchev–Trinajstić information content (AvgIpc) is 3.43. The van der Waals surface area contributed by atoms with Crippen LogP contribution in [-0.2, 0) is 9.59 Å². The SMILES string of the molecule is COc1cc2ncnc(Nc3ccc(Cl)c(Cl)c3F)c2cc1OC1CCC(CN2CC3CC(C2)N3c2cc3c(cc2F)C(=O)N(C2CCC(=O)NC2=O)C3=O)CC1. The van der Waals surface area contributed by atoms with Gasteiger partial charge in [0.15, 0.2) is 17.3 Å². The minimum Gasteiger partial charge on any atom is -0.493 e. The molecule has 1 saturated carbocycles. The maximum absolute atomic E-state index is 15.6. The van der Waals surface area contributed by atoms with Crippen molar-refractivity contribution in [2.24, 2.45) is 5.92 Å². The number of hydrogen-bond acceptors (Lipinski definition) is 11. The van der Waals surface area contributed by atoms with Gasteiger partial charge in [-0.2, -0.15) is 0 Å². The first-order chi connectivity index (χ1) is 27.5. The van der Waals surface area contributed by atoms with Gasteiger partial charge in [-0.25, -0.2) is 18.7 Å². The number of halogens is 4. The summed E-state index contributed by atoms with van der Waals surface area (Å²) in [7, 11) is 1.57. The molecule has 2 bridgehead atoms. The molecule has 6 heterocycles. The number of anilines is 3. The number of ether oxygens (including phenoxy) is 2. The summed E-state index contributed by atoms with van der Waals surface area (Å²) in [6.45, 7) is 2.40. The molecule has 3 aromatic carbocycles. The van der Waals surface area contributed by atoms with E-state index in [9.17, 15) is 23.6 Å². The zero-order valence-electron chi connectivity index (χ0n) is 30.7. The van der Waals surface area contributed by atoms with E-state index >= 15 is 4.39 Å². The molecule has 2 N–H and O–H groups in total. The summed E-state index contributed by atoms with van der Waals surface area (Å²) in [5, 5.41) is 5.72. The molecule has 1 aliphatic carbocycles. The van der Waals surface area contributed by atoms with E-state index in [1.165, 1.54) is 24.5 Å². The Balaban J connectivity index is 0.819. The van der Waals surface area contributed by atoms with Crippen molar-refractivity contribution >= 4 is 74.9 Å². The predicted molar refractivity (Wildman–Crippen MR) is 206 cm³/mol. The third-order valence-corrected chi connectivity index (χ3v) is 12.6. The zero-order valence-corrected chi connectivity index (χ0v) is 32.2. The number of nitrogens with zero attached hydrogens (tertiary/aromatic N) is 5. The topological polar surface area (TPSA) is 146 Å². The van der Waals surface area contributed by atoms with Gasteiger partial charge in [-0.05, 0) is 74.8 Å². The Morgan fingerprint density at radius 2 is 1.65 bits per heavy atom. The van der Waals surface area contributed by atoms with E-state index in [0.717, 1.165) is 62.7 Å². The number of piperidine rings is 2. The molecule has 17 heteroatoms. The summed E-state index contributed by atoms with van der Waals surface area (Å²) in [6, 6.07) is 8.14. The van der Waals surface area contributed by atoms with E-state index in [1.807, 2.05) is 4.90 Å². The number of hydrogen-bond donors (Lipinski definition) is 2. The van der Waals surface area contributed by atoms with Crippen LogP contribution in [0.4, 0.5) is 26.0 Å². The summed E-state index contributed by atoms with van der Waals surface area (Å²) in [4.78, 5) is 64.7. The van der Waals surface area contributed by atoms with Crippen LogP contribution in [0.3, 0.4) is 0 Å². The van der Waals surface area contributed by atoms with Crippen LogP contribution in [0.25, 0.3) is 10.9 Å². The van der Waals surface area contributed by atoms with Crippen LogP contribution in [0.2, 0.25) is 10.0 Å². The lowest BCUT2D eigenvalue weighted by Gasteiger charge is -2.58. The van der Waals surface area contributed by atoms with E-state index in [-0.39, 0.29) is 57.9 Å². The zero-order chi connectivity index (χ0) is 39.7. The molecule has 13 nitrogen and oxygen atoms in total. The molecule has 57 heavy (non-hydrogen) atoms. The molecule has 0 radical (unpaired) electrons. The highest BCUT2D eigenvalue weighted by atomic mass is 35.5. The summed E-state index contributed by atoms with van der Waals surface area (Å²) in [6.07, 6.45) is 5.88. The molecule has 3 unspecified atom stereocenters. The molecule has 5 fully saturated rings. The summed E-state index contributed by atoms with van der Waals surface area (Å²) >= 11 is 12.0. The highest BCUT2D eigenvalue weighted by molar-refractivity contribution is 6.42. The molecule has 10 rings (SSSR count). The second-order valence-corrected chi connectivity index (χ2v) is 16.1. The van der Waals surface area contributed by atoms with Crippen LogP contribution < -0.4 is 25.0 Å². The van der Waals surface area contributed by atoms with Gasteiger partial charge in [0, 0.05) is 49.6 Å². The van der Waals surface area contributed by atoms with Gasteiger partial charge in [0.05, 0.1) is 51.3 Å². The second-order valence-electron chi connectivity index (χ2n) is 15.3. The van der Waals surface area contributed by atoms with Gasteiger partial charge in [-0.1, -0.05) is 23.2 Å². The Morgan fingerprint density at radius 1 is 0.912 bits per heavy atom. The van der Waals surface area contributed by atoms with Crippen LogP contribution >= 0.6 is 23.2 Å². The number of amides is 4. The minimum atomic E-state index is -1.11. The Hall–Kier alpha value is -5.12. The molecule has 5 aliphatic heterocycles. The first kappa shape index (κ1) is 37.5. The smallest absolute Gasteiger partial charge is 0.262 e. The van der Waals surface area contributed by atoms with Crippen LogP contribution in [0.15, 0.2) is 42.7 Å². The lowest BCUT2D eigenvalue weighted by molar-refractivity contribution is -0.136. The number of aromatic nitrogens is 2. The first-order valence-electron chi connectivity index (χ1n) is 18.9. The van der Waals surface area contributed by atoms with Gasteiger partial charge in [0.25, 0.3) is 11.8 Å². The fourth-order valence-corrected chi connectivity index (χ4v) is 9.37. The highest BCUT2D eigenvalue weighted by Crippen LogP contribution is 2.43. The van der Waals surface area contributed by atoms with E-state index in [0.29, 0.717) is 39.8 Å². The van der Waals surface area contributed by atoms with Gasteiger partial charge < -0.3 is 19.7 Å². The van der Waals surface area contributed by atoms with Gasteiger partial charge in [-0.3, -0.25) is 34.3 Å². The van der Waals surface area contributed by atoms with Gasteiger partial charge in [0.1, 0.15) is 24.0 Å². The lowest BCUT2D eigenvalue weighted by atomic mass is 9.83. The lowest BCUT2D eigenvalue weighted by Crippen LogP contribution is -2.69. The Morgan fingerprint density at radius 3 is 2.37 bits per heavy atom. The Labute approximate surface area is 335 Å². The summed E-state index contributed by atoms with van der Waals surface area (Å²) in [5.41, 5.74) is 0.998. The van der Waals surface area contributed by atoms with Crippen molar-refractivity contribution < 1.29 is 37.4 Å². The van der Waals surface area contributed by atoms with Crippen molar-refractivity contribution in [3.8, 4) is 11.5 Å². The van der Waals surface area contributed by atoms with Crippen LogP contribution in [0.5, 0.6) is 11.5 Å². The average molecular weight is 821 g/mol. The number of imide groups is 2. The molecular formula is C40H37Cl2F2N7O6. The van der Waals surface area contributed by atoms with E-state index in [1.54, 1.807) is 19.2 Å². The molecule has 0 spiro atoms. The largest absolute Gasteiger partial charge is 0.493 e. The monoisotopic (exact) mass is 819 g/mol. The van der Waals surface area contributed by atoms with Gasteiger partial charge in [0.2, 0.25) is 11.8 Å². The van der Waals surface area contributed by atoms with E-state index in [2.05, 4.69) is 25.5 Å². The van der Waals surface area contributed by atoms with Crippen molar-refractivity contribution in [3.63, 3.8) is 0 Å². The number of rotatable bonds is 9. The number of carbonyl (C=O) groups is 4. The van der Waals surface area contributed by atoms with Crippen LogP contribution in [-0.4, -0.2) is 94.4 Å². The summed E-state index contributed by atoms with van der Waals surface area (Å²) in [5.74, 6) is -1.93. The fourth-order valence-electron chi connectivity index (χ4n) is 9.06. The maximum Gasteiger partial charge on any atom is 0.262 e. The molecule has 3 atom stereocenters.